The van der Waals surface area contributed by atoms with Gasteiger partial charge in [0, 0.05) is 13.5 Å². The molecule has 0 aliphatic rings. The highest BCUT2D eigenvalue weighted by atomic mass is 19.1. The fraction of sp³-hybridized carbons (Fsp3) is 0.714. The summed E-state index contributed by atoms with van der Waals surface area (Å²) in [7, 11) is 0. The van der Waals surface area contributed by atoms with E-state index in [1.54, 1.807) is 0 Å². The van der Waals surface area contributed by atoms with Gasteiger partial charge in [-0.2, -0.15) is 0 Å². The summed E-state index contributed by atoms with van der Waals surface area (Å²) in [6.45, 7) is 3.17. The molecule has 5 nitrogen and oxygen atoms in total. The standard InChI is InChI=1S/C7H11FN4O/c1-5(8)3-4-12-7(6(2)13)9-10-11-12/h5H,3-4H2,1-2H3. The molecule has 6 heteroatoms. The van der Waals surface area contributed by atoms with Crippen molar-refractivity contribution >= 4 is 5.78 Å². The van der Waals surface area contributed by atoms with Crippen molar-refractivity contribution in [3.8, 4) is 0 Å². The van der Waals surface area contributed by atoms with Crippen LogP contribution in [0.15, 0.2) is 0 Å². The van der Waals surface area contributed by atoms with Gasteiger partial charge in [0.1, 0.15) is 0 Å². The van der Waals surface area contributed by atoms with Gasteiger partial charge in [-0.05, 0) is 23.8 Å². The summed E-state index contributed by atoms with van der Waals surface area (Å²) in [5.41, 5.74) is 0. The second kappa shape index (κ2) is 4.06. The largest absolute Gasteiger partial charge is 0.291 e. The number of Topliss-reactive ketones (excluding diaryl/α,β-unsaturated/α-hetero) is 1. The summed E-state index contributed by atoms with van der Waals surface area (Å²) >= 11 is 0. The molecule has 1 aromatic heterocycles. The van der Waals surface area contributed by atoms with Gasteiger partial charge >= 0.3 is 0 Å². The molecule has 0 saturated heterocycles. The lowest BCUT2D eigenvalue weighted by molar-refractivity contribution is 0.0997. The van der Waals surface area contributed by atoms with E-state index in [2.05, 4.69) is 15.5 Å². The normalized spacial score (nSPS) is 12.8. The molecule has 0 amide bonds. The van der Waals surface area contributed by atoms with Crippen LogP contribution in [0.1, 0.15) is 30.9 Å². The molecule has 1 atom stereocenters. The summed E-state index contributed by atoms with van der Waals surface area (Å²) in [5, 5.41) is 10.4. The number of rotatable bonds is 4. The molecule has 0 N–H and O–H groups in total. The van der Waals surface area contributed by atoms with Crippen LogP contribution in [0.5, 0.6) is 0 Å². The van der Waals surface area contributed by atoms with E-state index < -0.39 is 6.17 Å². The first-order valence-electron chi connectivity index (χ1n) is 4.02. The average molecular weight is 186 g/mol. The van der Waals surface area contributed by atoms with Crippen LogP contribution in [0.25, 0.3) is 0 Å². The third kappa shape index (κ3) is 2.57. The lowest BCUT2D eigenvalue weighted by Crippen LogP contribution is -2.11. The Bertz CT molecular complexity index is 296. The molecule has 0 spiro atoms. The summed E-state index contributed by atoms with van der Waals surface area (Å²) in [4.78, 5) is 10.9. The molecular formula is C7H11FN4O. The first-order chi connectivity index (χ1) is 6.11. The summed E-state index contributed by atoms with van der Waals surface area (Å²) in [6.07, 6.45) is -0.602. The van der Waals surface area contributed by atoms with Gasteiger partial charge in [-0.25, -0.2) is 9.07 Å². The van der Waals surface area contributed by atoms with Gasteiger partial charge in [-0.1, -0.05) is 0 Å². The van der Waals surface area contributed by atoms with E-state index in [1.165, 1.54) is 18.5 Å². The van der Waals surface area contributed by atoms with Crippen LogP contribution in [0, 0.1) is 0 Å². The maximum absolute atomic E-state index is 12.5. The minimum absolute atomic E-state index is 0.181. The molecule has 0 aliphatic carbocycles. The van der Waals surface area contributed by atoms with Gasteiger partial charge < -0.3 is 0 Å². The fourth-order valence-corrected chi connectivity index (χ4v) is 0.908. The van der Waals surface area contributed by atoms with Gasteiger partial charge in [-0.3, -0.25) is 4.79 Å². The molecule has 1 aromatic rings. The minimum Gasteiger partial charge on any atom is -0.291 e. The summed E-state index contributed by atoms with van der Waals surface area (Å²) in [5.74, 6) is -0.0304. The van der Waals surface area contributed by atoms with E-state index >= 15 is 0 Å². The van der Waals surface area contributed by atoms with E-state index in [1.807, 2.05) is 0 Å². The number of ketones is 1. The Kier molecular flexibility index (Phi) is 3.05. The maximum atomic E-state index is 12.5. The number of carbonyl (C=O) groups excluding carboxylic acids is 1. The van der Waals surface area contributed by atoms with Crippen LogP contribution in [0.4, 0.5) is 4.39 Å². The quantitative estimate of drug-likeness (QED) is 0.647. The second-order valence-corrected chi connectivity index (χ2v) is 2.85. The van der Waals surface area contributed by atoms with Crippen molar-refractivity contribution in [1.29, 1.82) is 0 Å². The monoisotopic (exact) mass is 186 g/mol. The van der Waals surface area contributed by atoms with Crippen molar-refractivity contribution in [2.75, 3.05) is 0 Å². The van der Waals surface area contributed by atoms with Crippen LogP contribution in [-0.2, 0) is 6.54 Å². The predicted octanol–water partition coefficient (Wildman–Crippen LogP) is 0.624. The third-order valence-corrected chi connectivity index (χ3v) is 1.59. The minimum atomic E-state index is -0.913. The second-order valence-electron chi connectivity index (χ2n) is 2.85. The molecule has 0 aromatic carbocycles. The lowest BCUT2D eigenvalue weighted by Gasteiger charge is -2.02. The number of hydrogen-bond donors (Lipinski definition) is 0. The predicted molar refractivity (Wildman–Crippen MR) is 43.0 cm³/mol. The number of nitrogens with zero attached hydrogens (tertiary/aromatic N) is 4. The number of tetrazole rings is 1. The van der Waals surface area contributed by atoms with Crippen LogP contribution in [0.3, 0.4) is 0 Å². The average Bonchev–Trinajstić information content (AvgIpc) is 2.47. The molecule has 1 rings (SSSR count). The Hall–Kier alpha value is -1.33. The Balaban J connectivity index is 2.65. The van der Waals surface area contributed by atoms with Gasteiger partial charge in [0.05, 0.1) is 6.17 Å². The number of aromatic nitrogens is 4. The molecule has 1 heterocycles. The van der Waals surface area contributed by atoms with Gasteiger partial charge in [0.25, 0.3) is 0 Å². The third-order valence-electron chi connectivity index (χ3n) is 1.59. The number of hydrogen-bond acceptors (Lipinski definition) is 4. The molecule has 1 unspecified atom stereocenters. The first-order valence-corrected chi connectivity index (χ1v) is 4.02. The summed E-state index contributed by atoms with van der Waals surface area (Å²) < 4.78 is 13.8. The zero-order valence-electron chi connectivity index (χ0n) is 7.57. The number of halogens is 1. The van der Waals surface area contributed by atoms with Crippen LogP contribution in [0.2, 0.25) is 0 Å². The van der Waals surface area contributed by atoms with Crippen molar-refractivity contribution in [2.24, 2.45) is 0 Å². The molecule has 0 bridgehead atoms. The van der Waals surface area contributed by atoms with Crippen LogP contribution in [-0.4, -0.2) is 32.2 Å². The van der Waals surface area contributed by atoms with Crippen LogP contribution >= 0.6 is 0 Å². The zero-order chi connectivity index (χ0) is 9.84. The number of alkyl halides is 1. The van der Waals surface area contributed by atoms with E-state index in [0.29, 0.717) is 13.0 Å². The highest BCUT2D eigenvalue weighted by Crippen LogP contribution is 2.00. The van der Waals surface area contributed by atoms with Gasteiger partial charge in [0.2, 0.25) is 5.82 Å². The molecule has 0 radical (unpaired) electrons. The van der Waals surface area contributed by atoms with Crippen molar-refractivity contribution in [2.45, 2.75) is 33.0 Å². The van der Waals surface area contributed by atoms with E-state index in [0.717, 1.165) is 0 Å². The molecule has 72 valence electrons. The molecule has 0 saturated carbocycles. The number of carbonyl (C=O) groups is 1. The SMILES string of the molecule is CC(=O)c1nnnn1CCC(C)F. The van der Waals surface area contributed by atoms with E-state index in [4.69, 9.17) is 0 Å². The highest BCUT2D eigenvalue weighted by molar-refractivity contribution is 5.90. The van der Waals surface area contributed by atoms with E-state index in [9.17, 15) is 9.18 Å². The Morgan fingerprint density at radius 3 is 2.92 bits per heavy atom. The van der Waals surface area contributed by atoms with Gasteiger partial charge in [-0.15, -0.1) is 5.10 Å². The molecule has 0 aliphatic heterocycles. The van der Waals surface area contributed by atoms with E-state index in [-0.39, 0.29) is 11.6 Å². The molecule has 13 heavy (non-hydrogen) atoms. The Labute approximate surface area is 74.9 Å². The Morgan fingerprint density at radius 2 is 2.38 bits per heavy atom. The van der Waals surface area contributed by atoms with Crippen molar-refractivity contribution < 1.29 is 9.18 Å². The smallest absolute Gasteiger partial charge is 0.217 e. The van der Waals surface area contributed by atoms with Gasteiger partial charge in [0.15, 0.2) is 5.78 Å². The Morgan fingerprint density at radius 1 is 1.69 bits per heavy atom. The van der Waals surface area contributed by atoms with Crippen molar-refractivity contribution in [1.82, 2.24) is 20.2 Å². The maximum Gasteiger partial charge on any atom is 0.217 e. The lowest BCUT2D eigenvalue weighted by atomic mass is 10.3. The first kappa shape index (κ1) is 9.76. The summed E-state index contributed by atoms with van der Waals surface area (Å²) in [6, 6.07) is 0. The van der Waals surface area contributed by atoms with Crippen molar-refractivity contribution in [3.63, 3.8) is 0 Å². The highest BCUT2D eigenvalue weighted by Gasteiger charge is 2.10. The molecule has 0 fully saturated rings. The zero-order valence-corrected chi connectivity index (χ0v) is 7.57. The van der Waals surface area contributed by atoms with Crippen molar-refractivity contribution in [3.05, 3.63) is 5.82 Å². The van der Waals surface area contributed by atoms with Crippen LogP contribution < -0.4 is 0 Å². The topological polar surface area (TPSA) is 60.7 Å². The number of aryl methyl sites for hydroxylation is 1. The molecular weight excluding hydrogens is 175 g/mol. The fourth-order valence-electron chi connectivity index (χ4n) is 0.908.